The van der Waals surface area contributed by atoms with Gasteiger partial charge in [-0.3, -0.25) is 9.59 Å². The fourth-order valence-corrected chi connectivity index (χ4v) is 2.43. The summed E-state index contributed by atoms with van der Waals surface area (Å²) in [7, 11) is 0. The van der Waals surface area contributed by atoms with Crippen LogP contribution < -0.4 is 5.73 Å². The van der Waals surface area contributed by atoms with Crippen molar-refractivity contribution in [3.05, 3.63) is 0 Å². The summed E-state index contributed by atoms with van der Waals surface area (Å²) in [6, 6.07) is 0. The zero-order valence-corrected chi connectivity index (χ0v) is 10.8. The molecule has 2 atom stereocenters. The molecular formula is C11H20N2O2S. The van der Waals surface area contributed by atoms with Crippen LogP contribution >= 0.6 is 12.6 Å². The Bertz CT molecular complexity index is 296. The number of nitrogens with zero attached hydrogens (tertiary/aromatic N) is 1. The Kier molecular flexibility index (Phi) is 4.24. The van der Waals surface area contributed by atoms with Crippen molar-refractivity contribution < 1.29 is 9.59 Å². The molecule has 5 heteroatoms. The third-order valence-corrected chi connectivity index (χ3v) is 4.01. The predicted octanol–water partition coefficient (Wildman–Crippen LogP) is 1.16. The summed E-state index contributed by atoms with van der Waals surface area (Å²) >= 11 is 4.31. The second-order valence-corrected chi connectivity index (χ2v) is 5.14. The molecule has 2 N–H and O–H groups in total. The summed E-state index contributed by atoms with van der Waals surface area (Å²) in [6.07, 6.45) is 3.02. The van der Waals surface area contributed by atoms with E-state index in [-0.39, 0.29) is 5.91 Å². The third-order valence-electron chi connectivity index (χ3n) is 3.24. The van der Waals surface area contributed by atoms with Gasteiger partial charge in [-0.2, -0.15) is 0 Å². The Morgan fingerprint density at radius 2 is 2.25 bits per heavy atom. The Hall–Kier alpha value is -0.710. The molecule has 1 unspecified atom stereocenters. The normalized spacial score (nSPS) is 24.6. The summed E-state index contributed by atoms with van der Waals surface area (Å²) in [4.78, 5) is 23.7. The maximum absolute atomic E-state index is 11.8. The average Bonchev–Trinajstić information content (AvgIpc) is 2.59. The molecule has 0 aromatic rings. The molecular weight excluding hydrogens is 224 g/mol. The Balaban J connectivity index is 2.80. The molecule has 0 saturated carbocycles. The number of carbonyl (C=O) groups is 2. The Labute approximate surface area is 102 Å². The molecule has 0 aliphatic carbocycles. The van der Waals surface area contributed by atoms with Crippen LogP contribution in [0.25, 0.3) is 0 Å². The van der Waals surface area contributed by atoms with Crippen LogP contribution in [-0.2, 0) is 9.59 Å². The number of hydrogen-bond acceptors (Lipinski definition) is 3. The lowest BCUT2D eigenvalue weighted by molar-refractivity contribution is -0.137. The largest absolute Gasteiger partial charge is 0.367 e. The van der Waals surface area contributed by atoms with Crippen LogP contribution in [0, 0.1) is 5.92 Å². The molecule has 1 aliphatic rings. The van der Waals surface area contributed by atoms with Crippen molar-refractivity contribution in [1.82, 2.24) is 4.90 Å². The first-order valence-electron chi connectivity index (χ1n) is 5.78. The number of likely N-dealkylation sites (tertiary alicyclic amines) is 1. The van der Waals surface area contributed by atoms with E-state index in [4.69, 9.17) is 5.73 Å². The second-order valence-electron chi connectivity index (χ2n) is 4.40. The summed E-state index contributed by atoms with van der Waals surface area (Å²) in [5.41, 5.74) is 5.33. The molecule has 1 saturated heterocycles. The van der Waals surface area contributed by atoms with E-state index in [1.807, 2.05) is 6.92 Å². The zero-order valence-electron chi connectivity index (χ0n) is 9.90. The van der Waals surface area contributed by atoms with Crippen LogP contribution in [0.3, 0.4) is 0 Å². The fourth-order valence-electron chi connectivity index (χ4n) is 2.24. The topological polar surface area (TPSA) is 63.4 Å². The minimum absolute atomic E-state index is 0.00546. The standard InChI is InChI=1S/C11H20N2O2S/c1-3-5-8-6-9(14)13(7-8)11(16,4-2)10(12)15/h8,16H,3-7H2,1-2H3,(H2,12,15)/t8-,11?/m1/s1. The maximum atomic E-state index is 11.8. The molecule has 16 heavy (non-hydrogen) atoms. The first-order valence-corrected chi connectivity index (χ1v) is 6.23. The van der Waals surface area contributed by atoms with Crippen molar-refractivity contribution in [2.75, 3.05) is 6.54 Å². The number of nitrogens with two attached hydrogens (primary N) is 1. The lowest BCUT2D eigenvalue weighted by Gasteiger charge is -2.34. The second kappa shape index (κ2) is 5.08. The molecule has 0 spiro atoms. The van der Waals surface area contributed by atoms with Crippen molar-refractivity contribution in [1.29, 1.82) is 0 Å². The van der Waals surface area contributed by atoms with Crippen LogP contribution in [0.5, 0.6) is 0 Å². The Morgan fingerprint density at radius 1 is 1.62 bits per heavy atom. The molecule has 0 radical (unpaired) electrons. The minimum atomic E-state index is -1.11. The van der Waals surface area contributed by atoms with Crippen molar-refractivity contribution in [2.45, 2.75) is 44.4 Å². The van der Waals surface area contributed by atoms with Gasteiger partial charge in [0.25, 0.3) is 5.91 Å². The third kappa shape index (κ3) is 2.34. The van der Waals surface area contributed by atoms with Gasteiger partial charge in [-0.25, -0.2) is 0 Å². The SMILES string of the molecule is CCC[C@@H]1CC(=O)N(C(S)(CC)C(N)=O)C1. The summed E-state index contributed by atoms with van der Waals surface area (Å²) < 4.78 is 0. The van der Waals surface area contributed by atoms with Crippen LogP contribution in [0.2, 0.25) is 0 Å². The molecule has 1 aliphatic heterocycles. The first-order chi connectivity index (χ1) is 7.45. The predicted molar refractivity (Wildman–Crippen MR) is 65.9 cm³/mol. The Morgan fingerprint density at radius 3 is 2.69 bits per heavy atom. The van der Waals surface area contributed by atoms with E-state index in [1.165, 1.54) is 0 Å². The number of rotatable bonds is 5. The zero-order chi connectivity index (χ0) is 12.3. The van der Waals surface area contributed by atoms with Crippen LogP contribution in [-0.4, -0.2) is 28.1 Å². The van der Waals surface area contributed by atoms with Crippen LogP contribution in [0.1, 0.15) is 39.5 Å². The number of carbonyl (C=O) groups excluding carboxylic acids is 2. The monoisotopic (exact) mass is 244 g/mol. The van der Waals surface area contributed by atoms with E-state index in [9.17, 15) is 9.59 Å². The average molecular weight is 244 g/mol. The highest BCUT2D eigenvalue weighted by Gasteiger charge is 2.44. The number of thiol groups is 1. The van der Waals surface area contributed by atoms with Gasteiger partial charge in [0.15, 0.2) is 4.87 Å². The smallest absolute Gasteiger partial charge is 0.253 e. The van der Waals surface area contributed by atoms with E-state index < -0.39 is 10.8 Å². The highest BCUT2D eigenvalue weighted by atomic mass is 32.1. The van der Waals surface area contributed by atoms with Gasteiger partial charge >= 0.3 is 0 Å². The number of primary amides is 1. The highest BCUT2D eigenvalue weighted by molar-refractivity contribution is 7.82. The lowest BCUT2D eigenvalue weighted by atomic mass is 10.0. The molecule has 0 aromatic carbocycles. The van der Waals surface area contributed by atoms with E-state index in [0.29, 0.717) is 25.3 Å². The molecule has 2 amide bonds. The number of amides is 2. The summed E-state index contributed by atoms with van der Waals surface area (Å²) in [6.45, 7) is 4.51. The molecule has 4 nitrogen and oxygen atoms in total. The van der Waals surface area contributed by atoms with Crippen molar-refractivity contribution in [3.63, 3.8) is 0 Å². The molecule has 1 fully saturated rings. The van der Waals surface area contributed by atoms with E-state index >= 15 is 0 Å². The fraction of sp³-hybridized carbons (Fsp3) is 0.818. The quantitative estimate of drug-likeness (QED) is 0.713. The maximum Gasteiger partial charge on any atom is 0.253 e. The van der Waals surface area contributed by atoms with Gasteiger partial charge < -0.3 is 10.6 Å². The lowest BCUT2D eigenvalue weighted by Crippen LogP contribution is -2.54. The molecule has 1 heterocycles. The van der Waals surface area contributed by atoms with E-state index in [2.05, 4.69) is 19.6 Å². The highest BCUT2D eigenvalue weighted by Crippen LogP contribution is 2.33. The number of hydrogen-bond donors (Lipinski definition) is 2. The van der Waals surface area contributed by atoms with E-state index in [0.717, 1.165) is 12.8 Å². The van der Waals surface area contributed by atoms with Crippen molar-refractivity contribution in [3.8, 4) is 0 Å². The molecule has 1 rings (SSSR count). The first kappa shape index (κ1) is 13.4. The van der Waals surface area contributed by atoms with Gasteiger partial charge in [0.05, 0.1) is 0 Å². The van der Waals surface area contributed by atoms with E-state index in [1.54, 1.807) is 4.90 Å². The molecule has 0 aromatic heterocycles. The van der Waals surface area contributed by atoms with Crippen molar-refractivity contribution in [2.24, 2.45) is 11.7 Å². The van der Waals surface area contributed by atoms with Crippen LogP contribution in [0.15, 0.2) is 0 Å². The summed E-state index contributed by atoms with van der Waals surface area (Å²) in [5.74, 6) is -0.201. The van der Waals surface area contributed by atoms with Crippen LogP contribution in [0.4, 0.5) is 0 Å². The van der Waals surface area contributed by atoms with Crippen molar-refractivity contribution >= 4 is 24.4 Å². The minimum Gasteiger partial charge on any atom is -0.367 e. The van der Waals surface area contributed by atoms with Gasteiger partial charge in [0.2, 0.25) is 5.91 Å². The summed E-state index contributed by atoms with van der Waals surface area (Å²) in [5, 5.41) is 0. The van der Waals surface area contributed by atoms with Gasteiger partial charge in [-0.15, -0.1) is 12.6 Å². The van der Waals surface area contributed by atoms with Gasteiger partial charge in [0, 0.05) is 13.0 Å². The van der Waals surface area contributed by atoms with Gasteiger partial charge in [-0.05, 0) is 18.8 Å². The van der Waals surface area contributed by atoms with Gasteiger partial charge in [0.1, 0.15) is 0 Å². The van der Waals surface area contributed by atoms with Gasteiger partial charge in [-0.1, -0.05) is 20.3 Å². The molecule has 92 valence electrons. The molecule has 0 bridgehead atoms.